The van der Waals surface area contributed by atoms with Gasteiger partial charge in [-0.3, -0.25) is 4.79 Å². The van der Waals surface area contributed by atoms with E-state index in [1.165, 1.54) is 11.8 Å². The highest BCUT2D eigenvalue weighted by Gasteiger charge is 2.36. The predicted molar refractivity (Wildman–Crippen MR) is 121 cm³/mol. The molecule has 0 amide bonds. The Morgan fingerprint density at radius 2 is 2.00 bits per heavy atom. The zero-order chi connectivity index (χ0) is 21.8. The van der Waals surface area contributed by atoms with E-state index in [0.29, 0.717) is 32.8 Å². The maximum absolute atomic E-state index is 13.1. The second-order valence-electron chi connectivity index (χ2n) is 7.44. The monoisotopic (exact) mass is 447 g/mol. The Bertz CT molecular complexity index is 1020. The van der Waals surface area contributed by atoms with Crippen LogP contribution in [0, 0.1) is 0 Å². The maximum atomic E-state index is 13.1. The number of carbonyl (C=O) groups excluding carboxylic acids is 1. The van der Waals surface area contributed by atoms with Crippen LogP contribution in [-0.4, -0.2) is 27.8 Å². The zero-order valence-electron chi connectivity index (χ0n) is 17.5. The van der Waals surface area contributed by atoms with Crippen LogP contribution in [0.2, 0.25) is 5.02 Å². The third-order valence-electron chi connectivity index (χ3n) is 4.72. The van der Waals surface area contributed by atoms with E-state index < -0.39 is 11.9 Å². The molecule has 2 N–H and O–H groups in total. The minimum atomic E-state index is -0.601. The fraction of sp³-hybridized carbons (Fsp3) is 0.409. The van der Waals surface area contributed by atoms with E-state index in [1.54, 1.807) is 32.9 Å². The number of fused-ring (bicyclic) bond motifs is 1. The molecule has 1 unspecified atom stereocenters. The second kappa shape index (κ2) is 9.71. The standard InChI is InChI=1S/C22H26ClN3O3S/c1-5-6-11-30-22-25-19-18(20(27)26-22)17(14-7-9-15(23)10-8-14)16(13(4)24-19)21(28)29-12(2)3/h7-10,12,17H,5-6,11H2,1-4H3,(H2,24,25,26,27). The molecule has 2 aromatic rings. The first-order valence-electron chi connectivity index (χ1n) is 10.0. The summed E-state index contributed by atoms with van der Waals surface area (Å²) in [5.74, 6) is 0.285. The molecule has 2 heterocycles. The second-order valence-corrected chi connectivity index (χ2v) is 8.96. The van der Waals surface area contributed by atoms with Crippen molar-refractivity contribution in [2.75, 3.05) is 11.1 Å². The molecule has 160 valence electrons. The van der Waals surface area contributed by atoms with Gasteiger partial charge in [0.05, 0.1) is 23.2 Å². The Morgan fingerprint density at radius 1 is 1.30 bits per heavy atom. The summed E-state index contributed by atoms with van der Waals surface area (Å²) in [6, 6.07) is 7.13. The average molecular weight is 448 g/mol. The first-order chi connectivity index (χ1) is 14.3. The van der Waals surface area contributed by atoms with Gasteiger partial charge in [0.15, 0.2) is 5.16 Å². The van der Waals surface area contributed by atoms with E-state index >= 15 is 0 Å². The van der Waals surface area contributed by atoms with Gasteiger partial charge in [0, 0.05) is 16.5 Å². The molecule has 1 aliphatic rings. The fourth-order valence-corrected chi connectivity index (χ4v) is 4.42. The SMILES string of the molecule is CCCCSc1nc2c(c(=O)[nH]1)C(c1ccc(Cl)cc1)C(C(=O)OC(C)C)=C(C)N2. The number of nitrogens with one attached hydrogen (secondary N) is 2. The molecule has 0 saturated carbocycles. The number of ether oxygens (including phenoxy) is 1. The summed E-state index contributed by atoms with van der Waals surface area (Å²) in [5, 5.41) is 4.30. The Labute approximate surface area is 185 Å². The van der Waals surface area contributed by atoms with Gasteiger partial charge in [0.1, 0.15) is 5.82 Å². The van der Waals surface area contributed by atoms with Crippen molar-refractivity contribution in [3.05, 3.63) is 62.0 Å². The van der Waals surface area contributed by atoms with Crippen molar-refractivity contribution in [1.82, 2.24) is 9.97 Å². The third kappa shape index (κ3) is 4.90. The number of rotatable bonds is 7. The van der Waals surface area contributed by atoms with E-state index in [-0.39, 0.29) is 11.7 Å². The molecule has 0 fully saturated rings. The largest absolute Gasteiger partial charge is 0.460 e. The predicted octanol–water partition coefficient (Wildman–Crippen LogP) is 5.10. The van der Waals surface area contributed by atoms with Crippen LogP contribution < -0.4 is 10.9 Å². The number of carbonyl (C=O) groups is 1. The van der Waals surface area contributed by atoms with Crippen molar-refractivity contribution in [3.8, 4) is 0 Å². The normalized spacial score (nSPS) is 15.7. The molecule has 6 nitrogen and oxygen atoms in total. The van der Waals surface area contributed by atoms with Crippen molar-refractivity contribution in [2.45, 2.75) is 57.7 Å². The number of anilines is 1. The Hall–Kier alpha value is -2.25. The lowest BCUT2D eigenvalue weighted by atomic mass is 9.82. The van der Waals surface area contributed by atoms with E-state index in [2.05, 4.69) is 22.2 Å². The number of unbranched alkanes of at least 4 members (excludes halogenated alkanes) is 1. The lowest BCUT2D eigenvalue weighted by Gasteiger charge is -2.29. The highest BCUT2D eigenvalue weighted by Crippen LogP contribution is 2.40. The van der Waals surface area contributed by atoms with Crippen LogP contribution in [0.1, 0.15) is 57.6 Å². The molecule has 1 aliphatic heterocycles. The first-order valence-corrected chi connectivity index (χ1v) is 11.4. The molecular weight excluding hydrogens is 422 g/mol. The molecule has 1 aromatic heterocycles. The van der Waals surface area contributed by atoms with E-state index in [0.717, 1.165) is 24.2 Å². The summed E-state index contributed by atoms with van der Waals surface area (Å²) in [5.41, 5.74) is 1.93. The average Bonchev–Trinajstić information content (AvgIpc) is 2.67. The minimum absolute atomic E-state index is 0.270. The summed E-state index contributed by atoms with van der Waals surface area (Å²) in [7, 11) is 0. The third-order valence-corrected chi connectivity index (χ3v) is 5.94. The lowest BCUT2D eigenvalue weighted by Crippen LogP contribution is -2.31. The summed E-state index contributed by atoms with van der Waals surface area (Å²) in [6.07, 6.45) is 1.83. The maximum Gasteiger partial charge on any atom is 0.337 e. The number of esters is 1. The van der Waals surface area contributed by atoms with Crippen LogP contribution in [0.5, 0.6) is 0 Å². The Balaban J connectivity index is 2.12. The molecule has 8 heteroatoms. The Morgan fingerprint density at radius 3 is 2.63 bits per heavy atom. The number of aromatic nitrogens is 2. The van der Waals surface area contributed by atoms with E-state index in [1.807, 2.05) is 12.1 Å². The molecule has 1 aromatic carbocycles. The summed E-state index contributed by atoms with van der Waals surface area (Å²) in [6.45, 7) is 7.51. The molecule has 0 bridgehead atoms. The molecule has 3 rings (SSSR count). The number of H-pyrrole nitrogens is 1. The van der Waals surface area contributed by atoms with Crippen LogP contribution in [0.25, 0.3) is 0 Å². The number of nitrogens with zero attached hydrogens (tertiary/aromatic N) is 1. The zero-order valence-corrected chi connectivity index (χ0v) is 19.1. The lowest BCUT2D eigenvalue weighted by molar-refractivity contribution is -0.143. The van der Waals surface area contributed by atoms with E-state index in [9.17, 15) is 9.59 Å². The Kier molecular flexibility index (Phi) is 7.26. The van der Waals surface area contributed by atoms with Gasteiger partial charge in [0.2, 0.25) is 0 Å². The number of halogens is 1. The van der Waals surface area contributed by atoms with Crippen LogP contribution in [0.15, 0.2) is 45.5 Å². The van der Waals surface area contributed by atoms with Crippen molar-refractivity contribution >= 4 is 35.1 Å². The molecule has 0 saturated heterocycles. The van der Waals surface area contributed by atoms with Crippen molar-refractivity contribution in [2.24, 2.45) is 0 Å². The number of aromatic amines is 1. The summed E-state index contributed by atoms with van der Waals surface area (Å²) in [4.78, 5) is 33.6. The number of benzene rings is 1. The van der Waals surface area contributed by atoms with Gasteiger partial charge < -0.3 is 15.0 Å². The number of hydrogen-bond acceptors (Lipinski definition) is 6. The van der Waals surface area contributed by atoms with Crippen LogP contribution >= 0.6 is 23.4 Å². The minimum Gasteiger partial charge on any atom is -0.460 e. The van der Waals surface area contributed by atoms with Gasteiger partial charge >= 0.3 is 5.97 Å². The van der Waals surface area contributed by atoms with Gasteiger partial charge in [-0.1, -0.05) is 48.8 Å². The molecule has 0 aliphatic carbocycles. The van der Waals surface area contributed by atoms with Gasteiger partial charge in [0.25, 0.3) is 5.56 Å². The smallest absolute Gasteiger partial charge is 0.337 e. The first kappa shape index (κ1) is 22.4. The molecule has 1 atom stereocenters. The van der Waals surface area contributed by atoms with Gasteiger partial charge in [-0.2, -0.15) is 0 Å². The van der Waals surface area contributed by atoms with Crippen LogP contribution in [0.4, 0.5) is 5.82 Å². The van der Waals surface area contributed by atoms with E-state index in [4.69, 9.17) is 16.3 Å². The summed E-state index contributed by atoms with van der Waals surface area (Å²) < 4.78 is 5.48. The van der Waals surface area contributed by atoms with Gasteiger partial charge in [-0.25, -0.2) is 9.78 Å². The summed E-state index contributed by atoms with van der Waals surface area (Å²) >= 11 is 7.58. The van der Waals surface area contributed by atoms with Gasteiger partial charge in [-0.05, 0) is 44.9 Å². The molecule has 0 spiro atoms. The van der Waals surface area contributed by atoms with Gasteiger partial charge in [-0.15, -0.1) is 0 Å². The molecule has 30 heavy (non-hydrogen) atoms. The molecule has 0 radical (unpaired) electrons. The van der Waals surface area contributed by atoms with Crippen molar-refractivity contribution in [1.29, 1.82) is 0 Å². The topological polar surface area (TPSA) is 84.1 Å². The fourth-order valence-electron chi connectivity index (χ4n) is 3.35. The number of hydrogen-bond donors (Lipinski definition) is 2. The van der Waals surface area contributed by atoms with Crippen molar-refractivity contribution in [3.63, 3.8) is 0 Å². The number of thioether (sulfide) groups is 1. The van der Waals surface area contributed by atoms with Crippen LogP contribution in [0.3, 0.4) is 0 Å². The van der Waals surface area contributed by atoms with Crippen molar-refractivity contribution < 1.29 is 9.53 Å². The molecular formula is C22H26ClN3O3S. The highest BCUT2D eigenvalue weighted by atomic mass is 35.5. The quantitative estimate of drug-likeness (QED) is 0.266. The van der Waals surface area contributed by atoms with Crippen LogP contribution in [-0.2, 0) is 9.53 Å². The highest BCUT2D eigenvalue weighted by molar-refractivity contribution is 7.99. The number of allylic oxidation sites excluding steroid dienone is 1.